The van der Waals surface area contributed by atoms with Gasteiger partial charge in [0, 0.05) is 6.54 Å². The molecule has 20 heavy (non-hydrogen) atoms. The summed E-state index contributed by atoms with van der Waals surface area (Å²) in [6, 6.07) is 4.00. The Kier molecular flexibility index (Phi) is 3.46. The van der Waals surface area contributed by atoms with Gasteiger partial charge in [-0.05, 0) is 57.9 Å². The van der Waals surface area contributed by atoms with Gasteiger partial charge in [0.05, 0.1) is 11.0 Å². The second-order valence-corrected chi connectivity index (χ2v) is 5.59. The van der Waals surface area contributed by atoms with Gasteiger partial charge in [0.2, 0.25) is 5.95 Å². The van der Waals surface area contributed by atoms with Crippen molar-refractivity contribution in [1.82, 2.24) is 9.55 Å². The number of imidazole rings is 1. The van der Waals surface area contributed by atoms with E-state index in [1.807, 2.05) is 32.9 Å². The number of aliphatic carboxylic acids is 1. The highest BCUT2D eigenvalue weighted by molar-refractivity contribution is 5.85. The van der Waals surface area contributed by atoms with Crippen molar-refractivity contribution in [2.24, 2.45) is 0 Å². The minimum Gasteiger partial charge on any atom is -0.480 e. The Morgan fingerprint density at radius 2 is 1.95 bits per heavy atom. The SMILES string of the molecule is CCNc1nc2cc(C)c(C)cc2n1C(C)(C)C(=O)O. The second-order valence-electron chi connectivity index (χ2n) is 5.59. The molecule has 0 spiro atoms. The van der Waals surface area contributed by atoms with E-state index in [9.17, 15) is 9.90 Å². The number of carboxylic acids is 1. The van der Waals surface area contributed by atoms with E-state index in [0.717, 1.165) is 22.2 Å². The molecule has 108 valence electrons. The molecule has 0 atom stereocenters. The molecule has 5 heteroatoms. The lowest BCUT2D eigenvalue weighted by molar-refractivity contribution is -0.145. The molecule has 0 aliphatic heterocycles. The van der Waals surface area contributed by atoms with Gasteiger partial charge in [0.15, 0.2) is 0 Å². The number of benzene rings is 1. The monoisotopic (exact) mass is 275 g/mol. The highest BCUT2D eigenvalue weighted by Gasteiger charge is 2.33. The van der Waals surface area contributed by atoms with Gasteiger partial charge in [-0.2, -0.15) is 0 Å². The molecule has 0 aliphatic carbocycles. The van der Waals surface area contributed by atoms with Crippen molar-refractivity contribution in [1.29, 1.82) is 0 Å². The standard InChI is InChI=1S/C15H21N3O2/c1-6-16-14-17-11-7-9(2)10(3)8-12(11)18(14)15(4,5)13(19)20/h7-8H,6H2,1-5H3,(H,16,17)(H,19,20). The summed E-state index contributed by atoms with van der Waals surface area (Å²) in [4.78, 5) is 16.1. The molecule has 1 heterocycles. The van der Waals surface area contributed by atoms with Gasteiger partial charge in [-0.25, -0.2) is 9.78 Å². The Labute approximate surface area is 118 Å². The fourth-order valence-electron chi connectivity index (χ4n) is 2.27. The van der Waals surface area contributed by atoms with Crippen LogP contribution < -0.4 is 5.32 Å². The minimum atomic E-state index is -1.06. The van der Waals surface area contributed by atoms with E-state index < -0.39 is 11.5 Å². The van der Waals surface area contributed by atoms with Gasteiger partial charge in [-0.3, -0.25) is 4.57 Å². The van der Waals surface area contributed by atoms with Crippen LogP contribution in [0.5, 0.6) is 0 Å². The van der Waals surface area contributed by atoms with Gasteiger partial charge in [-0.1, -0.05) is 0 Å². The molecule has 0 aliphatic rings. The summed E-state index contributed by atoms with van der Waals surface area (Å²) in [7, 11) is 0. The van der Waals surface area contributed by atoms with E-state index in [4.69, 9.17) is 0 Å². The fraction of sp³-hybridized carbons (Fsp3) is 0.467. The van der Waals surface area contributed by atoms with Crippen molar-refractivity contribution >= 4 is 23.0 Å². The molecule has 0 unspecified atom stereocenters. The average Bonchev–Trinajstić information content (AvgIpc) is 2.68. The van der Waals surface area contributed by atoms with Gasteiger partial charge < -0.3 is 10.4 Å². The number of aromatic nitrogens is 2. The quantitative estimate of drug-likeness (QED) is 0.900. The Morgan fingerprint density at radius 1 is 1.35 bits per heavy atom. The van der Waals surface area contributed by atoms with E-state index in [1.54, 1.807) is 18.4 Å². The Hall–Kier alpha value is -2.04. The van der Waals surface area contributed by atoms with Gasteiger partial charge in [-0.15, -0.1) is 0 Å². The van der Waals surface area contributed by atoms with Crippen molar-refractivity contribution in [3.8, 4) is 0 Å². The summed E-state index contributed by atoms with van der Waals surface area (Å²) < 4.78 is 1.76. The number of aryl methyl sites for hydroxylation is 2. The molecule has 0 saturated carbocycles. The van der Waals surface area contributed by atoms with Crippen LogP contribution in [0.3, 0.4) is 0 Å². The van der Waals surface area contributed by atoms with E-state index >= 15 is 0 Å². The van der Waals surface area contributed by atoms with E-state index in [0.29, 0.717) is 12.5 Å². The number of rotatable bonds is 4. The predicted molar refractivity (Wildman–Crippen MR) is 80.3 cm³/mol. The summed E-state index contributed by atoms with van der Waals surface area (Å²) in [5.41, 5.74) is 2.88. The topological polar surface area (TPSA) is 67.2 Å². The lowest BCUT2D eigenvalue weighted by atomic mass is 10.0. The summed E-state index contributed by atoms with van der Waals surface area (Å²) >= 11 is 0. The first kappa shape index (κ1) is 14.4. The van der Waals surface area contributed by atoms with E-state index in [1.165, 1.54) is 0 Å². The number of hydrogen-bond donors (Lipinski definition) is 2. The highest BCUT2D eigenvalue weighted by atomic mass is 16.4. The summed E-state index contributed by atoms with van der Waals surface area (Å²) in [5.74, 6) is -0.283. The first-order chi connectivity index (χ1) is 9.28. The zero-order valence-electron chi connectivity index (χ0n) is 12.6. The third kappa shape index (κ3) is 2.13. The summed E-state index contributed by atoms with van der Waals surface area (Å²) in [6.07, 6.45) is 0. The average molecular weight is 275 g/mol. The lowest BCUT2D eigenvalue weighted by Crippen LogP contribution is -2.36. The van der Waals surface area contributed by atoms with Crippen LogP contribution >= 0.6 is 0 Å². The van der Waals surface area contributed by atoms with E-state index in [-0.39, 0.29) is 0 Å². The molecule has 5 nitrogen and oxygen atoms in total. The number of fused-ring (bicyclic) bond motifs is 1. The maximum absolute atomic E-state index is 11.6. The molecular weight excluding hydrogens is 254 g/mol. The van der Waals surface area contributed by atoms with Crippen LogP contribution in [-0.4, -0.2) is 27.2 Å². The molecule has 1 aromatic carbocycles. The normalized spacial score (nSPS) is 11.8. The third-order valence-electron chi connectivity index (χ3n) is 3.69. The minimum absolute atomic E-state index is 0.597. The third-order valence-corrected chi connectivity index (χ3v) is 3.69. The fourth-order valence-corrected chi connectivity index (χ4v) is 2.27. The van der Waals surface area contributed by atoms with Crippen molar-refractivity contribution in [3.05, 3.63) is 23.3 Å². The zero-order chi connectivity index (χ0) is 15.1. The number of hydrogen-bond acceptors (Lipinski definition) is 3. The maximum Gasteiger partial charge on any atom is 0.329 e. The molecule has 2 N–H and O–H groups in total. The second kappa shape index (κ2) is 4.81. The lowest BCUT2D eigenvalue weighted by Gasteiger charge is -2.24. The molecular formula is C15H21N3O2. The first-order valence-electron chi connectivity index (χ1n) is 6.76. The number of anilines is 1. The van der Waals surface area contributed by atoms with E-state index in [2.05, 4.69) is 10.3 Å². The maximum atomic E-state index is 11.6. The van der Waals surface area contributed by atoms with Gasteiger partial charge in [0.25, 0.3) is 0 Å². The molecule has 0 bridgehead atoms. The predicted octanol–water partition coefficient (Wildman–Crippen LogP) is 2.90. The molecule has 0 fully saturated rings. The molecule has 0 radical (unpaired) electrons. The summed E-state index contributed by atoms with van der Waals surface area (Å²) in [5, 5.41) is 12.7. The van der Waals surface area contributed by atoms with Crippen molar-refractivity contribution in [2.75, 3.05) is 11.9 Å². The van der Waals surface area contributed by atoms with Crippen molar-refractivity contribution in [2.45, 2.75) is 40.2 Å². The molecule has 2 rings (SSSR count). The first-order valence-corrected chi connectivity index (χ1v) is 6.76. The van der Waals surface area contributed by atoms with Crippen LogP contribution in [0.25, 0.3) is 11.0 Å². The van der Waals surface area contributed by atoms with Gasteiger partial charge in [0.1, 0.15) is 5.54 Å². The largest absolute Gasteiger partial charge is 0.480 e. The molecule has 1 aromatic heterocycles. The Bertz CT molecular complexity index is 671. The molecule has 2 aromatic rings. The number of carbonyl (C=O) groups is 1. The van der Waals surface area contributed by atoms with Crippen molar-refractivity contribution < 1.29 is 9.90 Å². The summed E-state index contributed by atoms with van der Waals surface area (Å²) in [6.45, 7) is 10.1. The smallest absolute Gasteiger partial charge is 0.329 e. The number of carboxylic acid groups (broad SMARTS) is 1. The number of nitrogens with zero attached hydrogens (tertiary/aromatic N) is 2. The Morgan fingerprint density at radius 3 is 2.50 bits per heavy atom. The zero-order valence-corrected chi connectivity index (χ0v) is 12.6. The highest BCUT2D eigenvalue weighted by Crippen LogP contribution is 2.30. The van der Waals surface area contributed by atoms with Crippen LogP contribution in [0.2, 0.25) is 0 Å². The van der Waals surface area contributed by atoms with Crippen LogP contribution in [0.15, 0.2) is 12.1 Å². The van der Waals surface area contributed by atoms with Crippen LogP contribution in [-0.2, 0) is 10.3 Å². The molecule has 0 saturated heterocycles. The van der Waals surface area contributed by atoms with Crippen LogP contribution in [0, 0.1) is 13.8 Å². The Balaban J connectivity index is 2.81. The van der Waals surface area contributed by atoms with Crippen LogP contribution in [0.1, 0.15) is 31.9 Å². The van der Waals surface area contributed by atoms with Gasteiger partial charge >= 0.3 is 5.97 Å². The van der Waals surface area contributed by atoms with Crippen LogP contribution in [0.4, 0.5) is 5.95 Å². The molecule has 0 amide bonds. The van der Waals surface area contributed by atoms with Crippen molar-refractivity contribution in [3.63, 3.8) is 0 Å². The number of nitrogens with one attached hydrogen (secondary N) is 1.